The van der Waals surface area contributed by atoms with Crippen LogP contribution in [0.15, 0.2) is 59.7 Å². The first-order valence-electron chi connectivity index (χ1n) is 9.12. The van der Waals surface area contributed by atoms with Crippen LogP contribution in [-0.4, -0.2) is 23.5 Å². The van der Waals surface area contributed by atoms with E-state index in [0.29, 0.717) is 11.1 Å². The largest absolute Gasteiger partial charge is 0.506 e. The number of rotatable bonds is 5. The molecule has 0 saturated carbocycles. The summed E-state index contributed by atoms with van der Waals surface area (Å²) in [4.78, 5) is 25.5. The van der Waals surface area contributed by atoms with E-state index in [-0.39, 0.29) is 29.3 Å². The molecule has 0 amide bonds. The van der Waals surface area contributed by atoms with Crippen molar-refractivity contribution in [2.24, 2.45) is 0 Å². The lowest BCUT2D eigenvalue weighted by atomic mass is 9.84. The van der Waals surface area contributed by atoms with Gasteiger partial charge in [0.25, 0.3) is 0 Å². The summed E-state index contributed by atoms with van der Waals surface area (Å²) >= 11 is 0. The van der Waals surface area contributed by atoms with Gasteiger partial charge in [0.1, 0.15) is 11.3 Å². The molecule has 0 aromatic heterocycles. The molecule has 0 fully saturated rings. The minimum atomic E-state index is -0.702. The number of aryl methyl sites for hydroxylation is 1. The van der Waals surface area contributed by atoms with Gasteiger partial charge in [-0.25, -0.2) is 4.79 Å². The van der Waals surface area contributed by atoms with Gasteiger partial charge in [0, 0.05) is 16.7 Å². The zero-order valence-corrected chi connectivity index (χ0v) is 15.5. The van der Waals surface area contributed by atoms with Crippen LogP contribution >= 0.6 is 0 Å². The SMILES string of the molecule is CCCc1ccc(C=C2C(=O)c3ccccc3C(O)=C2C(=O)OCC)cc1. The minimum absolute atomic E-state index is 0.0850. The van der Waals surface area contributed by atoms with Crippen LogP contribution in [0.25, 0.3) is 11.8 Å². The molecule has 0 saturated heterocycles. The van der Waals surface area contributed by atoms with Crippen LogP contribution < -0.4 is 0 Å². The van der Waals surface area contributed by atoms with Gasteiger partial charge < -0.3 is 9.84 Å². The van der Waals surface area contributed by atoms with Crippen molar-refractivity contribution in [3.05, 3.63) is 81.9 Å². The molecule has 4 nitrogen and oxygen atoms in total. The predicted molar refractivity (Wildman–Crippen MR) is 105 cm³/mol. The minimum Gasteiger partial charge on any atom is -0.506 e. The maximum absolute atomic E-state index is 13.0. The molecule has 1 aliphatic carbocycles. The van der Waals surface area contributed by atoms with Crippen molar-refractivity contribution >= 4 is 23.6 Å². The topological polar surface area (TPSA) is 63.6 Å². The van der Waals surface area contributed by atoms with Gasteiger partial charge in [0.05, 0.1) is 6.61 Å². The second kappa shape index (κ2) is 8.04. The lowest BCUT2D eigenvalue weighted by molar-refractivity contribution is -0.138. The third-order valence-electron chi connectivity index (χ3n) is 4.49. The standard InChI is InChI=1S/C23H22O4/c1-3-7-15-10-12-16(13-11-15)14-19-20(23(26)27-4-2)22(25)18-9-6-5-8-17(18)21(19)24/h5-6,8-14,25H,3-4,7H2,1-2H3. The van der Waals surface area contributed by atoms with Gasteiger partial charge in [-0.3, -0.25) is 4.79 Å². The number of esters is 1. The van der Waals surface area contributed by atoms with E-state index in [4.69, 9.17) is 4.74 Å². The molecule has 0 spiro atoms. The lowest BCUT2D eigenvalue weighted by Crippen LogP contribution is -2.22. The molecule has 0 aliphatic heterocycles. The third kappa shape index (κ3) is 3.70. The van der Waals surface area contributed by atoms with Gasteiger partial charge in [-0.05, 0) is 30.5 Å². The summed E-state index contributed by atoms with van der Waals surface area (Å²) in [6.45, 7) is 3.96. The molecule has 4 heteroatoms. The van der Waals surface area contributed by atoms with Crippen LogP contribution in [0.3, 0.4) is 0 Å². The maximum Gasteiger partial charge on any atom is 0.342 e. The number of aliphatic hydroxyl groups is 1. The summed E-state index contributed by atoms with van der Waals surface area (Å²) in [6.07, 6.45) is 3.67. The number of Topliss-reactive ketones (excluding diaryl/α,β-unsaturated/α-hetero) is 1. The van der Waals surface area contributed by atoms with Crippen molar-refractivity contribution in [2.45, 2.75) is 26.7 Å². The first-order valence-corrected chi connectivity index (χ1v) is 9.12. The highest BCUT2D eigenvalue weighted by molar-refractivity contribution is 6.26. The monoisotopic (exact) mass is 362 g/mol. The molecule has 2 aromatic carbocycles. The average Bonchev–Trinajstić information content (AvgIpc) is 2.68. The zero-order valence-electron chi connectivity index (χ0n) is 15.5. The number of hydrogen-bond acceptors (Lipinski definition) is 4. The highest BCUT2D eigenvalue weighted by Crippen LogP contribution is 2.35. The molecule has 0 radical (unpaired) electrons. The Bertz CT molecular complexity index is 933. The maximum atomic E-state index is 13.0. The van der Waals surface area contributed by atoms with Crippen molar-refractivity contribution in [1.29, 1.82) is 0 Å². The first kappa shape index (κ1) is 18.6. The van der Waals surface area contributed by atoms with Gasteiger partial charge in [0.2, 0.25) is 0 Å². The van der Waals surface area contributed by atoms with E-state index in [1.807, 2.05) is 24.3 Å². The van der Waals surface area contributed by atoms with Crippen LogP contribution in [0.5, 0.6) is 0 Å². The number of benzene rings is 2. The third-order valence-corrected chi connectivity index (χ3v) is 4.49. The number of carbonyl (C=O) groups is 2. The van der Waals surface area contributed by atoms with Crippen LogP contribution in [0, 0.1) is 0 Å². The summed E-state index contributed by atoms with van der Waals surface area (Å²) in [5.74, 6) is -1.23. The van der Waals surface area contributed by atoms with Crippen molar-refractivity contribution in [1.82, 2.24) is 0 Å². The Hall–Kier alpha value is -3.14. The highest BCUT2D eigenvalue weighted by Gasteiger charge is 2.34. The van der Waals surface area contributed by atoms with E-state index < -0.39 is 5.97 Å². The average molecular weight is 362 g/mol. The number of carbonyl (C=O) groups excluding carboxylic acids is 2. The number of ether oxygens (including phenoxy) is 1. The van der Waals surface area contributed by atoms with E-state index in [1.165, 1.54) is 5.56 Å². The van der Waals surface area contributed by atoms with Crippen molar-refractivity contribution < 1.29 is 19.4 Å². The molecular weight excluding hydrogens is 340 g/mol. The summed E-state index contributed by atoms with van der Waals surface area (Å²) in [5.41, 5.74) is 2.78. The van der Waals surface area contributed by atoms with E-state index in [2.05, 4.69) is 6.92 Å². The van der Waals surface area contributed by atoms with Crippen LogP contribution in [-0.2, 0) is 16.0 Å². The molecule has 0 atom stereocenters. The molecule has 0 bridgehead atoms. The van der Waals surface area contributed by atoms with Gasteiger partial charge in [0.15, 0.2) is 5.78 Å². The molecule has 3 rings (SSSR count). The number of aliphatic hydroxyl groups excluding tert-OH is 1. The van der Waals surface area contributed by atoms with Gasteiger partial charge in [-0.2, -0.15) is 0 Å². The smallest absolute Gasteiger partial charge is 0.342 e. The molecule has 138 valence electrons. The van der Waals surface area contributed by atoms with Gasteiger partial charge >= 0.3 is 5.97 Å². The zero-order chi connectivity index (χ0) is 19.4. The van der Waals surface area contributed by atoms with E-state index in [9.17, 15) is 14.7 Å². The summed E-state index contributed by atoms with van der Waals surface area (Å²) in [7, 11) is 0. The van der Waals surface area contributed by atoms with Gasteiger partial charge in [-0.1, -0.05) is 61.9 Å². The molecule has 0 unspecified atom stereocenters. The van der Waals surface area contributed by atoms with E-state index in [0.717, 1.165) is 18.4 Å². The fraction of sp³-hybridized carbons (Fsp3) is 0.217. The van der Waals surface area contributed by atoms with E-state index >= 15 is 0 Å². The molecule has 1 N–H and O–H groups in total. The molecule has 0 heterocycles. The fourth-order valence-corrected chi connectivity index (χ4v) is 3.19. The number of fused-ring (bicyclic) bond motifs is 1. The predicted octanol–water partition coefficient (Wildman–Crippen LogP) is 4.75. The second-order valence-corrected chi connectivity index (χ2v) is 6.37. The molecule has 27 heavy (non-hydrogen) atoms. The Morgan fingerprint density at radius 3 is 2.33 bits per heavy atom. The number of ketones is 1. The molecule has 2 aromatic rings. The van der Waals surface area contributed by atoms with Crippen LogP contribution in [0.4, 0.5) is 0 Å². The number of hydrogen-bond donors (Lipinski definition) is 1. The molecular formula is C23H22O4. The Balaban J connectivity index is 2.12. The Labute approximate surface area is 158 Å². The Kier molecular flexibility index (Phi) is 5.55. The molecule has 1 aliphatic rings. The van der Waals surface area contributed by atoms with Gasteiger partial charge in [-0.15, -0.1) is 0 Å². The Morgan fingerprint density at radius 1 is 1.04 bits per heavy atom. The van der Waals surface area contributed by atoms with Crippen LogP contribution in [0.2, 0.25) is 0 Å². The fourth-order valence-electron chi connectivity index (χ4n) is 3.19. The van der Waals surface area contributed by atoms with E-state index in [1.54, 1.807) is 37.3 Å². The van der Waals surface area contributed by atoms with Crippen molar-refractivity contribution in [2.75, 3.05) is 6.61 Å². The summed E-state index contributed by atoms with van der Waals surface area (Å²) in [5, 5.41) is 10.7. The quantitative estimate of drug-likeness (QED) is 0.616. The second-order valence-electron chi connectivity index (χ2n) is 6.37. The summed E-state index contributed by atoms with van der Waals surface area (Å²) < 4.78 is 5.08. The highest BCUT2D eigenvalue weighted by atomic mass is 16.5. The first-order chi connectivity index (χ1) is 13.1. The normalized spacial score (nSPS) is 15.0. The lowest BCUT2D eigenvalue weighted by Gasteiger charge is -2.20. The summed E-state index contributed by atoms with van der Waals surface area (Å²) in [6, 6.07) is 14.5. The van der Waals surface area contributed by atoms with Crippen LogP contribution in [0.1, 0.15) is 47.3 Å². The van der Waals surface area contributed by atoms with Crippen molar-refractivity contribution in [3.8, 4) is 0 Å². The Morgan fingerprint density at radius 2 is 1.70 bits per heavy atom. The van der Waals surface area contributed by atoms with Crippen molar-refractivity contribution in [3.63, 3.8) is 0 Å².